The second-order valence-corrected chi connectivity index (χ2v) is 34.6. The third-order valence-corrected chi connectivity index (χ3v) is 22.5. The highest BCUT2D eigenvalue weighted by Crippen LogP contribution is 2.55. The molecule has 0 radical (unpaired) electrons. The zero-order valence-corrected chi connectivity index (χ0v) is 87.0. The number of nitrogen functional groups attached to an aromatic ring is 1. The number of carbonyl (C=O) groups excluding carboxylic acids is 3. The lowest BCUT2D eigenvalue weighted by Crippen LogP contribution is -2.08. The first-order chi connectivity index (χ1) is 70.6. The van der Waals surface area contributed by atoms with E-state index in [0.29, 0.717) is 111 Å². The summed E-state index contributed by atoms with van der Waals surface area (Å²) in [5, 5.41) is 101. The lowest BCUT2D eigenvalue weighted by molar-refractivity contribution is -0.144. The summed E-state index contributed by atoms with van der Waals surface area (Å²) in [4.78, 5) is 69.2. The summed E-state index contributed by atoms with van der Waals surface area (Å²) >= 11 is 16.6. The summed E-state index contributed by atoms with van der Waals surface area (Å²) < 4.78 is 21.6. The molecule has 4 unspecified atom stereocenters. The van der Waals surface area contributed by atoms with Gasteiger partial charge in [-0.05, 0) is 261 Å². The highest BCUT2D eigenvalue weighted by atomic mass is 35.5. The molecule has 148 heavy (non-hydrogen) atoms. The number of ether oxygens (including phenoxy) is 2. The molecule has 0 bridgehead atoms. The van der Waals surface area contributed by atoms with Gasteiger partial charge in [0.05, 0.1) is 95.0 Å². The molecule has 50 heteroatoms. The van der Waals surface area contributed by atoms with Crippen molar-refractivity contribution < 1.29 is 33.8 Å². The van der Waals surface area contributed by atoms with Crippen LogP contribution in [0.25, 0.3) is 57.5 Å². The largest absolute Gasteiger partial charge is 0.466 e. The van der Waals surface area contributed by atoms with E-state index in [2.05, 4.69) is 211 Å². The number of H-pyrrole nitrogens is 1. The van der Waals surface area contributed by atoms with Crippen LogP contribution < -0.4 is 11.1 Å². The lowest BCUT2D eigenvalue weighted by atomic mass is 10.1. The number of aryl methyl sites for hydroxylation is 15. The third kappa shape index (κ3) is 32.2. The molecule has 47 nitrogen and oxygen atoms in total. The molecule has 15 aromatic heterocycles. The molecular weight excluding hydrogens is 1950 g/mol. The minimum Gasteiger partial charge on any atom is -0.466 e. The summed E-state index contributed by atoms with van der Waals surface area (Å²) in [5.41, 5.74) is 22.6. The van der Waals surface area contributed by atoms with Crippen LogP contribution in [0.15, 0.2) is 154 Å². The topological polar surface area (TPSA) is 588 Å². The maximum Gasteiger partial charge on any atom is 0.413 e. The number of nitrogens with one attached hydrogen (secondary N) is 2. The number of carbonyl (C=O) groups is 3. The van der Waals surface area contributed by atoms with Crippen LogP contribution in [0, 0.1) is 115 Å². The minimum atomic E-state index is -0.630. The van der Waals surface area contributed by atoms with Crippen LogP contribution in [0.1, 0.15) is 199 Å². The molecule has 772 valence electrons. The summed E-state index contributed by atoms with van der Waals surface area (Å²) in [6.45, 7) is 39.4. The molecule has 2 aromatic carbocycles. The molecule has 4 aliphatic carbocycles. The van der Waals surface area contributed by atoms with E-state index in [1.54, 1.807) is 78.0 Å². The van der Waals surface area contributed by atoms with Crippen molar-refractivity contribution in [1.29, 1.82) is 0 Å². The molecule has 4 fully saturated rings. The molecule has 17 aromatic rings. The number of fused-ring (bicyclic) bond motifs is 1. The van der Waals surface area contributed by atoms with Gasteiger partial charge in [0.25, 0.3) is 0 Å². The number of para-hydroxylation sites is 4. The van der Waals surface area contributed by atoms with Gasteiger partial charge in [-0.3, -0.25) is 9.89 Å². The fourth-order valence-corrected chi connectivity index (χ4v) is 15.4. The Labute approximate surface area is 868 Å². The molecule has 5 N–H and O–H groups in total. The molecule has 0 aliphatic heterocycles. The van der Waals surface area contributed by atoms with E-state index in [9.17, 15) is 14.4 Å². The fourth-order valence-electron chi connectivity index (χ4n) is 14.9. The van der Waals surface area contributed by atoms with E-state index in [4.69, 9.17) is 60.9 Å². The maximum atomic E-state index is 11.7. The normalized spacial score (nSPS) is 15.6. The number of aromatic nitrogens is 37. The zero-order valence-electron chi connectivity index (χ0n) is 84.7. The predicted molar refractivity (Wildman–Crippen MR) is 554 cm³/mol. The van der Waals surface area contributed by atoms with E-state index in [-0.39, 0.29) is 37.8 Å². The number of benzene rings is 2. The lowest BCUT2D eigenvalue weighted by Gasteiger charge is -2.05. The van der Waals surface area contributed by atoms with Crippen molar-refractivity contribution in [3.63, 3.8) is 0 Å². The molecular formula is C98H118Cl3N41O6. The van der Waals surface area contributed by atoms with Crippen LogP contribution in [0.2, 0.25) is 15.2 Å². The van der Waals surface area contributed by atoms with Gasteiger partial charge in [0.15, 0.2) is 40.1 Å². The number of nitrogens with two attached hydrogens (primary N) is 1. The maximum absolute atomic E-state index is 11.7. The molecule has 0 amide bonds. The van der Waals surface area contributed by atoms with Crippen LogP contribution in [0.4, 0.5) is 11.4 Å². The number of aromatic amines is 1. The number of aldehydes is 1. The van der Waals surface area contributed by atoms with Gasteiger partial charge in [-0.1, -0.05) is 85.2 Å². The van der Waals surface area contributed by atoms with Crippen LogP contribution >= 0.6 is 34.8 Å². The SMILES string of the molecule is C.C=CC.C=Cc1cnnc(-n2nc(C)nc2C)c1.CCOC(=O)C=[N+]=[N-].CCOC(=O)[C@H]1CC1c1cnnc(-n2nc(C)nc2C)c1.CNc1ccccc1N.Cc1n[nH]c(C)n1.Cc1nc(C)n(-c2cc(C3C[C@@H]3C=O)cnn2)n1.Cc1nc(C)n(-c2cc(C3C[C@@H]3CO)cnn2)n1.Cc1nc(C)n(-c2cc(C3C[C@@H]3c3nc4ccccc4n3C)cnn2)n1.Cc1nc(C)n(-c2cc(Cl)cnn2)n1.Clc1cnnc(Cl)c1. The van der Waals surface area contributed by atoms with Crippen LogP contribution in [-0.2, 0) is 30.9 Å². The number of halogens is 3. The number of aliphatic hydroxyl groups is 1. The van der Waals surface area contributed by atoms with Crippen molar-refractivity contribution in [3.8, 4) is 34.9 Å². The number of esters is 2. The third-order valence-electron chi connectivity index (χ3n) is 21.9. The predicted octanol–water partition coefficient (Wildman–Crippen LogP) is 13.8. The van der Waals surface area contributed by atoms with Crippen molar-refractivity contribution in [1.82, 2.24) is 185 Å². The van der Waals surface area contributed by atoms with Gasteiger partial charge in [0.2, 0.25) is 0 Å². The van der Waals surface area contributed by atoms with Gasteiger partial charge in [-0.15, -0.1) is 72.9 Å². The van der Waals surface area contributed by atoms with E-state index in [1.165, 1.54) is 29.5 Å². The molecule has 8 atom stereocenters. The minimum absolute atomic E-state index is 0. The van der Waals surface area contributed by atoms with Crippen LogP contribution in [0.5, 0.6) is 0 Å². The average Bonchev–Trinajstić information content (AvgIpc) is 1.59. The van der Waals surface area contributed by atoms with E-state index >= 15 is 0 Å². The van der Waals surface area contributed by atoms with Gasteiger partial charge in [-0.25, -0.2) is 44.7 Å². The number of anilines is 2. The first kappa shape index (κ1) is 113. The monoisotopic (exact) mass is 2070 g/mol. The Hall–Kier alpha value is -16.7. The molecule has 15 heterocycles. The average molecular weight is 2070 g/mol. The summed E-state index contributed by atoms with van der Waals surface area (Å²) in [7, 11) is 3.95. The van der Waals surface area contributed by atoms with E-state index in [1.807, 2.05) is 179 Å². The van der Waals surface area contributed by atoms with Crippen LogP contribution in [0.3, 0.4) is 0 Å². The van der Waals surface area contributed by atoms with E-state index < -0.39 is 5.97 Å². The number of aliphatic hydroxyl groups excluding tert-OH is 1. The van der Waals surface area contributed by atoms with Gasteiger partial charge < -0.3 is 40.5 Å². The zero-order chi connectivity index (χ0) is 106. The Morgan fingerprint density at radius 1 is 0.500 bits per heavy atom. The van der Waals surface area contributed by atoms with Gasteiger partial charge in [-0.2, -0.15) is 73.7 Å². The first-order valence-electron chi connectivity index (χ1n) is 46.4. The second kappa shape index (κ2) is 54.3. The summed E-state index contributed by atoms with van der Waals surface area (Å²) in [6.07, 6.45) is 20.6. The van der Waals surface area contributed by atoms with Crippen molar-refractivity contribution in [2.24, 2.45) is 24.8 Å². The Morgan fingerprint density at radius 3 is 1.25 bits per heavy atom. The van der Waals surface area contributed by atoms with Crippen molar-refractivity contribution in [3.05, 3.63) is 290 Å². The van der Waals surface area contributed by atoms with Crippen LogP contribution in [-0.4, -0.2) is 246 Å². The number of imidazole rings is 1. The number of rotatable bonds is 19. The summed E-state index contributed by atoms with van der Waals surface area (Å²) in [5.74, 6) is 17.1. The number of nitrogens with zero attached hydrogens (tertiary/aromatic N) is 38. The Kier molecular flexibility index (Phi) is 41.6. The fraction of sp³-hybridized carbons (Fsp3) is 0.357. The molecule has 4 aliphatic rings. The van der Waals surface area contributed by atoms with Crippen molar-refractivity contribution in [2.75, 3.05) is 37.9 Å². The Morgan fingerprint density at radius 2 is 0.905 bits per heavy atom. The van der Waals surface area contributed by atoms with E-state index in [0.717, 1.165) is 147 Å². The van der Waals surface area contributed by atoms with Gasteiger partial charge in [0, 0.05) is 38.6 Å². The number of hydrogen-bond acceptors (Lipinski definition) is 37. The number of allylic oxidation sites excluding steroid dienone is 1. The Bertz CT molecular complexity index is 7330. The molecule has 21 rings (SSSR count). The highest BCUT2D eigenvalue weighted by molar-refractivity contribution is 6.33. The first-order valence-corrected chi connectivity index (χ1v) is 47.5. The van der Waals surface area contributed by atoms with Gasteiger partial charge in [0.1, 0.15) is 93.7 Å². The molecule has 0 spiro atoms. The van der Waals surface area contributed by atoms with Crippen molar-refractivity contribution in [2.45, 2.75) is 180 Å². The van der Waals surface area contributed by atoms with Gasteiger partial charge >= 0.3 is 18.2 Å². The standard InChI is InChI=1S/C19H19N7.C14H17N5O2.C12H15N5O.C12H13N5O.C10H11N5.C8H8ClN5.C7H10N2.C4H2Cl2N2.C4H7N3.C4H6N2O2.C3H6.CH4/c1-11-21-12(2)26(24-11)18-8-13(10-20-23-18)14-9-15(14)19-22-16-6-4-5-7-17(16)25(19)3;1-4-21-14(20)12-6-11(12)10-5-13(17-15-7-10)19-9(3)16-8(2)18-19;2*1-7-14-8(2)17(16-7)12-4-9(5-13-15-12)11-3-10(11)6-18;1-4-9-5-10(13-11-6-9)15-8(3)12-7(2)14-15;1-5-11-6(2)14(13-5)8-3-7(9)4-10-12-8;1-9-7-5-3-2-4-6(7)8;5-3-1-4(6)8-7-2-3;1-3-5-4(2)7-6-3;1-2-8-4(7)3-6-5;1-3-2;/h4-8,10,14-15H,9H2,1-3H3;5,7,11-12H,4,6H2,1-3H3;4-5,10-11,18H,3,6H2,1-2H3;4-6,10-11H,3H2,1-2H3;4-6H,1H2,2-3H3;3-4H,1-2H3;2-5,9H,8H2,1H3;1-2H;1-2H3,(H,5,6,7);3H,2H2,1H3;3H,1H2,2H3;1H4/t14?,15-;11?,12-;2*10-,11?;;;;;;;;/m0011......../s1. The van der Waals surface area contributed by atoms with Crippen molar-refractivity contribution >= 4 is 87.7 Å². The summed E-state index contributed by atoms with van der Waals surface area (Å²) in [6, 6.07) is 28.9. The second-order valence-electron chi connectivity index (χ2n) is 33.4. The molecule has 4 saturated carbocycles. The molecule has 0 saturated heterocycles. The quantitative estimate of drug-likeness (QED) is 0.0111. The smallest absolute Gasteiger partial charge is 0.413 e. The Balaban J connectivity index is 0.000000172. The highest BCUT2D eigenvalue weighted by Gasteiger charge is 2.46. The number of hydrogen-bond donors (Lipinski definition) is 4.